The third kappa shape index (κ3) is 6.78. The summed E-state index contributed by atoms with van der Waals surface area (Å²) in [5.41, 5.74) is -0.602. The highest BCUT2D eigenvalue weighted by Crippen LogP contribution is 2.09. The van der Waals surface area contributed by atoms with E-state index >= 15 is 0 Å². The third-order valence-corrected chi connectivity index (χ3v) is 2.12. The first-order valence-electron chi connectivity index (χ1n) is 5.40. The number of amides is 1. The van der Waals surface area contributed by atoms with Crippen LogP contribution < -0.4 is 5.32 Å². The van der Waals surface area contributed by atoms with Crippen LogP contribution in [-0.2, 0) is 14.3 Å². The Kier molecular flexibility index (Phi) is 5.95. The van der Waals surface area contributed by atoms with Crippen molar-refractivity contribution in [1.82, 2.24) is 5.32 Å². The van der Waals surface area contributed by atoms with E-state index in [4.69, 9.17) is 14.6 Å². The van der Waals surface area contributed by atoms with Gasteiger partial charge in [-0.15, -0.1) is 0 Å². The molecule has 2 atom stereocenters. The summed E-state index contributed by atoms with van der Waals surface area (Å²) in [6.45, 7) is 6.81. The number of carboxylic acid groups (broad SMARTS) is 1. The van der Waals surface area contributed by atoms with Gasteiger partial charge >= 0.3 is 12.1 Å². The van der Waals surface area contributed by atoms with Crippen molar-refractivity contribution in [2.24, 2.45) is 5.92 Å². The molecule has 17 heavy (non-hydrogen) atoms. The van der Waals surface area contributed by atoms with Crippen LogP contribution in [0.3, 0.4) is 0 Å². The zero-order chi connectivity index (χ0) is 13.6. The van der Waals surface area contributed by atoms with Gasteiger partial charge < -0.3 is 19.9 Å². The first-order valence-corrected chi connectivity index (χ1v) is 5.40. The van der Waals surface area contributed by atoms with Crippen LogP contribution in [0.5, 0.6) is 0 Å². The van der Waals surface area contributed by atoms with Gasteiger partial charge in [0.2, 0.25) is 0 Å². The van der Waals surface area contributed by atoms with Gasteiger partial charge in [-0.1, -0.05) is 0 Å². The van der Waals surface area contributed by atoms with Crippen molar-refractivity contribution in [2.75, 3.05) is 13.7 Å². The fourth-order valence-electron chi connectivity index (χ4n) is 1.13. The molecule has 0 spiro atoms. The minimum Gasteiger partial charge on any atom is -0.481 e. The third-order valence-electron chi connectivity index (χ3n) is 2.12. The molecule has 0 aromatic rings. The average Bonchev–Trinajstić information content (AvgIpc) is 2.14. The van der Waals surface area contributed by atoms with Gasteiger partial charge in [-0.05, 0) is 27.7 Å². The number of rotatable bonds is 5. The molecule has 0 aliphatic heterocycles. The molecular weight excluding hydrogens is 226 g/mol. The van der Waals surface area contributed by atoms with Crippen LogP contribution in [0, 0.1) is 5.92 Å². The predicted molar refractivity (Wildman–Crippen MR) is 61.8 cm³/mol. The lowest BCUT2D eigenvalue weighted by molar-refractivity contribution is -0.145. The highest BCUT2D eigenvalue weighted by Gasteiger charge is 2.26. The van der Waals surface area contributed by atoms with E-state index in [-0.39, 0.29) is 6.54 Å². The molecule has 0 fully saturated rings. The van der Waals surface area contributed by atoms with Crippen LogP contribution in [0.2, 0.25) is 0 Å². The first-order chi connectivity index (χ1) is 7.67. The second-order valence-corrected chi connectivity index (χ2v) is 4.77. The zero-order valence-electron chi connectivity index (χ0n) is 10.9. The molecule has 2 unspecified atom stereocenters. The maximum atomic E-state index is 11.3. The van der Waals surface area contributed by atoms with Crippen molar-refractivity contribution >= 4 is 12.1 Å². The van der Waals surface area contributed by atoms with Crippen molar-refractivity contribution in [3.63, 3.8) is 0 Å². The number of nitrogens with one attached hydrogen (secondary N) is 1. The van der Waals surface area contributed by atoms with E-state index in [9.17, 15) is 9.59 Å². The van der Waals surface area contributed by atoms with Gasteiger partial charge in [0, 0.05) is 13.7 Å². The van der Waals surface area contributed by atoms with Gasteiger partial charge in [-0.3, -0.25) is 4.79 Å². The van der Waals surface area contributed by atoms with Crippen LogP contribution in [-0.4, -0.2) is 42.5 Å². The Bertz CT molecular complexity index is 272. The highest BCUT2D eigenvalue weighted by molar-refractivity contribution is 5.73. The lowest BCUT2D eigenvalue weighted by Crippen LogP contribution is -2.41. The van der Waals surface area contributed by atoms with Crippen molar-refractivity contribution in [3.05, 3.63) is 0 Å². The van der Waals surface area contributed by atoms with E-state index < -0.39 is 29.7 Å². The smallest absolute Gasteiger partial charge is 0.407 e. The second kappa shape index (κ2) is 6.44. The molecule has 0 bridgehead atoms. The average molecular weight is 247 g/mol. The number of carboxylic acids is 1. The Morgan fingerprint density at radius 3 is 2.24 bits per heavy atom. The molecule has 0 rings (SSSR count). The topological polar surface area (TPSA) is 84.9 Å². The molecule has 100 valence electrons. The number of hydrogen-bond acceptors (Lipinski definition) is 4. The number of aliphatic carboxylic acids is 1. The van der Waals surface area contributed by atoms with E-state index in [0.717, 1.165) is 0 Å². The summed E-state index contributed by atoms with van der Waals surface area (Å²) in [6, 6.07) is 0. The van der Waals surface area contributed by atoms with Crippen LogP contribution in [0.1, 0.15) is 27.7 Å². The molecule has 6 nitrogen and oxygen atoms in total. The normalized spacial score (nSPS) is 14.9. The van der Waals surface area contributed by atoms with Crippen molar-refractivity contribution in [1.29, 1.82) is 0 Å². The Morgan fingerprint density at radius 1 is 1.35 bits per heavy atom. The lowest BCUT2D eigenvalue weighted by atomic mass is 10.0. The molecule has 0 radical (unpaired) electrons. The van der Waals surface area contributed by atoms with Gasteiger partial charge in [0.15, 0.2) is 0 Å². The van der Waals surface area contributed by atoms with Crippen molar-refractivity contribution < 1.29 is 24.2 Å². The maximum Gasteiger partial charge on any atom is 0.407 e. The SMILES string of the molecule is COC(C)C(CNC(=O)OC(C)(C)C)C(=O)O. The fourth-order valence-corrected chi connectivity index (χ4v) is 1.13. The minimum absolute atomic E-state index is 0.0285. The molecule has 0 saturated heterocycles. The van der Waals surface area contributed by atoms with Crippen molar-refractivity contribution in [3.8, 4) is 0 Å². The molecule has 0 aromatic carbocycles. The Morgan fingerprint density at radius 2 is 1.88 bits per heavy atom. The monoisotopic (exact) mass is 247 g/mol. The van der Waals surface area contributed by atoms with Crippen molar-refractivity contribution in [2.45, 2.75) is 39.4 Å². The summed E-state index contributed by atoms with van der Waals surface area (Å²) in [7, 11) is 1.42. The van der Waals surface area contributed by atoms with Crippen LogP contribution in [0.15, 0.2) is 0 Å². The number of alkyl carbamates (subject to hydrolysis) is 1. The summed E-state index contributed by atoms with van der Waals surface area (Å²) in [4.78, 5) is 22.3. The Balaban J connectivity index is 4.23. The summed E-state index contributed by atoms with van der Waals surface area (Å²) < 4.78 is 9.93. The van der Waals surface area contributed by atoms with Crippen LogP contribution >= 0.6 is 0 Å². The summed E-state index contributed by atoms with van der Waals surface area (Å²) in [5.74, 6) is -1.82. The maximum absolute atomic E-state index is 11.3. The predicted octanol–water partition coefficient (Wildman–Crippen LogP) is 1.25. The second-order valence-electron chi connectivity index (χ2n) is 4.77. The molecule has 1 amide bonds. The molecule has 0 saturated carbocycles. The zero-order valence-corrected chi connectivity index (χ0v) is 10.9. The van der Waals surface area contributed by atoms with Crippen LogP contribution in [0.25, 0.3) is 0 Å². The number of hydrogen-bond donors (Lipinski definition) is 2. The van der Waals surface area contributed by atoms with Gasteiger partial charge in [0.05, 0.1) is 12.0 Å². The van der Waals surface area contributed by atoms with E-state index in [0.29, 0.717) is 0 Å². The molecular formula is C11H21NO5. The van der Waals surface area contributed by atoms with E-state index in [1.807, 2.05) is 0 Å². The van der Waals surface area contributed by atoms with E-state index in [1.165, 1.54) is 7.11 Å². The number of methoxy groups -OCH3 is 1. The first kappa shape index (κ1) is 15.7. The summed E-state index contributed by atoms with van der Waals surface area (Å²) in [5, 5.41) is 11.4. The number of ether oxygens (including phenoxy) is 2. The van der Waals surface area contributed by atoms with Gasteiger partial charge in [0.1, 0.15) is 5.60 Å². The standard InChI is InChI=1S/C11H21NO5/c1-7(16-5)8(9(13)14)6-12-10(15)17-11(2,3)4/h7-8H,6H2,1-5H3,(H,12,15)(H,13,14). The van der Waals surface area contributed by atoms with Gasteiger partial charge in [0.25, 0.3) is 0 Å². The van der Waals surface area contributed by atoms with E-state index in [2.05, 4.69) is 5.32 Å². The molecule has 6 heteroatoms. The summed E-state index contributed by atoms with van der Waals surface area (Å²) in [6.07, 6.45) is -1.12. The Hall–Kier alpha value is -1.30. The molecule has 0 aromatic heterocycles. The largest absolute Gasteiger partial charge is 0.481 e. The lowest BCUT2D eigenvalue weighted by Gasteiger charge is -2.22. The molecule has 0 aliphatic carbocycles. The van der Waals surface area contributed by atoms with Gasteiger partial charge in [-0.2, -0.15) is 0 Å². The number of carbonyl (C=O) groups excluding carboxylic acids is 1. The quantitative estimate of drug-likeness (QED) is 0.763. The molecule has 0 heterocycles. The highest BCUT2D eigenvalue weighted by atomic mass is 16.6. The Labute approximate surface area is 101 Å². The van der Waals surface area contributed by atoms with Gasteiger partial charge in [-0.25, -0.2) is 4.79 Å². The molecule has 2 N–H and O–H groups in total. The van der Waals surface area contributed by atoms with Crippen LogP contribution in [0.4, 0.5) is 4.79 Å². The number of carbonyl (C=O) groups is 2. The minimum atomic E-state index is -1.02. The molecule has 0 aliphatic rings. The summed E-state index contributed by atoms with van der Waals surface area (Å²) >= 11 is 0. The fraction of sp³-hybridized carbons (Fsp3) is 0.818. The van der Waals surface area contributed by atoms with E-state index in [1.54, 1.807) is 27.7 Å².